The summed E-state index contributed by atoms with van der Waals surface area (Å²) in [6.07, 6.45) is 0. The van der Waals surface area contributed by atoms with Crippen LogP contribution in [0.15, 0.2) is 48.5 Å². The van der Waals surface area contributed by atoms with Crippen molar-refractivity contribution < 1.29 is 9.72 Å². The van der Waals surface area contributed by atoms with Crippen LogP contribution in [0.2, 0.25) is 5.02 Å². The number of non-ortho nitro benzene ring substituents is 1. The molecule has 0 aliphatic rings. The van der Waals surface area contributed by atoms with Crippen molar-refractivity contribution in [3.63, 3.8) is 0 Å². The number of anilines is 1. The second kappa shape index (κ2) is 7.52. The van der Waals surface area contributed by atoms with Crippen LogP contribution in [0.3, 0.4) is 0 Å². The van der Waals surface area contributed by atoms with Crippen LogP contribution in [0, 0.1) is 10.1 Å². The average Bonchev–Trinajstić information content (AvgIpc) is 2.55. The first-order valence-corrected chi connectivity index (χ1v) is 7.12. The van der Waals surface area contributed by atoms with Gasteiger partial charge in [-0.25, -0.2) is 0 Å². The van der Waals surface area contributed by atoms with E-state index in [0.717, 1.165) is 0 Å². The van der Waals surface area contributed by atoms with Gasteiger partial charge >= 0.3 is 0 Å². The molecule has 3 N–H and O–H groups in total. The lowest BCUT2D eigenvalue weighted by Gasteiger charge is -2.12. The molecule has 7 nitrogen and oxygen atoms in total. The minimum Gasteiger partial charge on any atom is -0.330 e. The van der Waals surface area contributed by atoms with Crippen molar-refractivity contribution in [2.24, 2.45) is 0 Å². The summed E-state index contributed by atoms with van der Waals surface area (Å²) >= 11 is 11.0. The first-order valence-electron chi connectivity index (χ1n) is 6.33. The monoisotopic (exact) mass is 350 g/mol. The van der Waals surface area contributed by atoms with Crippen molar-refractivity contribution in [2.75, 3.05) is 5.32 Å². The van der Waals surface area contributed by atoms with E-state index in [9.17, 15) is 14.9 Å². The SMILES string of the molecule is O=C(NNC(=S)Nc1ccccc1Cl)c1ccc([N+](=O)[O-])cc1. The van der Waals surface area contributed by atoms with Crippen LogP contribution in [0.4, 0.5) is 11.4 Å². The number of nitrogens with zero attached hydrogens (tertiary/aromatic N) is 1. The number of carbonyl (C=O) groups excluding carboxylic acids is 1. The molecule has 118 valence electrons. The molecule has 0 saturated heterocycles. The van der Waals surface area contributed by atoms with Gasteiger partial charge in [-0.1, -0.05) is 23.7 Å². The maximum absolute atomic E-state index is 11.9. The second-order valence-electron chi connectivity index (χ2n) is 4.32. The highest BCUT2D eigenvalue weighted by Gasteiger charge is 2.09. The van der Waals surface area contributed by atoms with Gasteiger partial charge in [0.15, 0.2) is 5.11 Å². The van der Waals surface area contributed by atoms with Crippen LogP contribution < -0.4 is 16.2 Å². The van der Waals surface area contributed by atoms with Crippen molar-refractivity contribution in [1.29, 1.82) is 0 Å². The minimum atomic E-state index is -0.539. The zero-order chi connectivity index (χ0) is 16.8. The fraction of sp³-hybridized carbons (Fsp3) is 0. The highest BCUT2D eigenvalue weighted by Crippen LogP contribution is 2.20. The Labute approximate surface area is 141 Å². The van der Waals surface area contributed by atoms with E-state index in [0.29, 0.717) is 10.7 Å². The maximum atomic E-state index is 11.9. The number of hydrazine groups is 1. The van der Waals surface area contributed by atoms with Gasteiger partial charge in [0.2, 0.25) is 0 Å². The minimum absolute atomic E-state index is 0.0922. The van der Waals surface area contributed by atoms with Crippen LogP contribution in [-0.4, -0.2) is 15.9 Å². The summed E-state index contributed by atoms with van der Waals surface area (Å²) in [6, 6.07) is 12.2. The lowest BCUT2D eigenvalue weighted by molar-refractivity contribution is -0.384. The summed E-state index contributed by atoms with van der Waals surface area (Å²) in [5.74, 6) is -0.483. The molecular formula is C14H11ClN4O3S. The third-order valence-corrected chi connectivity index (χ3v) is 3.29. The van der Waals surface area contributed by atoms with Crippen LogP contribution in [0.5, 0.6) is 0 Å². The van der Waals surface area contributed by atoms with Gasteiger partial charge in [-0.05, 0) is 36.5 Å². The molecule has 0 aliphatic heterocycles. The lowest BCUT2D eigenvalue weighted by Crippen LogP contribution is -2.43. The Balaban J connectivity index is 1.90. The Morgan fingerprint density at radius 2 is 1.74 bits per heavy atom. The van der Waals surface area contributed by atoms with Gasteiger partial charge in [-0.2, -0.15) is 0 Å². The smallest absolute Gasteiger partial charge is 0.269 e. The molecule has 0 atom stereocenters. The summed E-state index contributed by atoms with van der Waals surface area (Å²) in [5, 5.41) is 14.0. The Kier molecular flexibility index (Phi) is 5.45. The molecule has 2 rings (SSSR count). The maximum Gasteiger partial charge on any atom is 0.269 e. The Morgan fingerprint density at radius 1 is 1.09 bits per heavy atom. The Hall–Kier alpha value is -2.71. The molecule has 2 aromatic rings. The second-order valence-corrected chi connectivity index (χ2v) is 5.13. The molecule has 0 aromatic heterocycles. The number of nitrogens with one attached hydrogen (secondary N) is 3. The van der Waals surface area contributed by atoms with Crippen molar-refractivity contribution in [3.8, 4) is 0 Å². The van der Waals surface area contributed by atoms with E-state index < -0.39 is 10.8 Å². The van der Waals surface area contributed by atoms with E-state index in [4.69, 9.17) is 23.8 Å². The molecule has 0 radical (unpaired) electrons. The molecule has 0 spiro atoms. The fourth-order valence-electron chi connectivity index (χ4n) is 1.64. The van der Waals surface area contributed by atoms with Crippen LogP contribution in [0.1, 0.15) is 10.4 Å². The highest BCUT2D eigenvalue weighted by atomic mass is 35.5. The third kappa shape index (κ3) is 4.63. The van der Waals surface area contributed by atoms with Crippen LogP contribution >= 0.6 is 23.8 Å². The summed E-state index contributed by atoms with van der Waals surface area (Å²) < 4.78 is 0. The van der Waals surface area contributed by atoms with E-state index >= 15 is 0 Å². The molecule has 9 heteroatoms. The summed E-state index contributed by atoms with van der Waals surface area (Å²) in [7, 11) is 0. The molecule has 0 heterocycles. The van der Waals surface area contributed by atoms with E-state index in [2.05, 4.69) is 16.2 Å². The topological polar surface area (TPSA) is 96.3 Å². The number of nitro groups is 1. The van der Waals surface area contributed by atoms with Crippen molar-refractivity contribution in [1.82, 2.24) is 10.9 Å². The number of halogens is 1. The molecule has 0 aliphatic carbocycles. The summed E-state index contributed by atoms with van der Waals surface area (Å²) in [5.41, 5.74) is 5.66. The first-order chi connectivity index (χ1) is 11.0. The molecule has 2 aromatic carbocycles. The van der Waals surface area contributed by atoms with Crippen LogP contribution in [0.25, 0.3) is 0 Å². The number of para-hydroxylation sites is 1. The number of benzene rings is 2. The third-order valence-electron chi connectivity index (χ3n) is 2.75. The highest BCUT2D eigenvalue weighted by molar-refractivity contribution is 7.80. The normalized spacial score (nSPS) is 9.78. The van der Waals surface area contributed by atoms with E-state index in [-0.39, 0.29) is 16.4 Å². The zero-order valence-electron chi connectivity index (χ0n) is 11.6. The van der Waals surface area contributed by atoms with Crippen LogP contribution in [-0.2, 0) is 0 Å². The predicted octanol–water partition coefficient (Wildman–Crippen LogP) is 2.88. The molecular weight excluding hydrogens is 340 g/mol. The van der Waals surface area contributed by atoms with E-state index in [1.807, 2.05) is 0 Å². The van der Waals surface area contributed by atoms with Gasteiger partial charge in [0.1, 0.15) is 0 Å². The zero-order valence-corrected chi connectivity index (χ0v) is 13.1. The number of rotatable bonds is 3. The molecule has 0 saturated carbocycles. The lowest BCUT2D eigenvalue weighted by atomic mass is 10.2. The number of hydrogen-bond acceptors (Lipinski definition) is 4. The van der Waals surface area contributed by atoms with Gasteiger partial charge in [-0.15, -0.1) is 0 Å². The fourth-order valence-corrected chi connectivity index (χ4v) is 1.98. The number of amides is 1. The molecule has 23 heavy (non-hydrogen) atoms. The van der Waals surface area contributed by atoms with Gasteiger partial charge in [0.25, 0.3) is 11.6 Å². The number of thiocarbonyl (C=S) groups is 1. The molecule has 0 unspecified atom stereocenters. The Morgan fingerprint density at radius 3 is 2.35 bits per heavy atom. The predicted molar refractivity (Wildman–Crippen MR) is 91.4 cm³/mol. The Bertz CT molecular complexity index is 752. The molecule has 0 fully saturated rings. The molecule has 0 bridgehead atoms. The van der Waals surface area contributed by atoms with Crippen molar-refractivity contribution in [2.45, 2.75) is 0 Å². The van der Waals surface area contributed by atoms with Crippen molar-refractivity contribution in [3.05, 3.63) is 69.2 Å². The largest absolute Gasteiger partial charge is 0.330 e. The van der Waals surface area contributed by atoms with E-state index in [1.165, 1.54) is 24.3 Å². The number of hydrogen-bond donors (Lipinski definition) is 3. The average molecular weight is 351 g/mol. The molecule has 1 amide bonds. The summed E-state index contributed by atoms with van der Waals surface area (Å²) in [4.78, 5) is 21.9. The first kappa shape index (κ1) is 16.7. The van der Waals surface area contributed by atoms with Gasteiger partial charge < -0.3 is 5.32 Å². The van der Waals surface area contributed by atoms with Gasteiger partial charge in [0, 0.05) is 17.7 Å². The number of nitro benzene ring substituents is 1. The standard InChI is InChI=1S/C14H11ClN4O3S/c15-11-3-1-2-4-12(11)16-14(23)18-17-13(20)9-5-7-10(8-6-9)19(21)22/h1-8H,(H,17,20)(H2,16,18,23). The van der Waals surface area contributed by atoms with Crippen molar-refractivity contribution >= 4 is 46.2 Å². The quantitative estimate of drug-likeness (QED) is 0.447. The number of carbonyl (C=O) groups is 1. The van der Waals surface area contributed by atoms with Gasteiger partial charge in [0.05, 0.1) is 15.6 Å². The van der Waals surface area contributed by atoms with E-state index in [1.54, 1.807) is 24.3 Å². The van der Waals surface area contributed by atoms with Gasteiger partial charge in [-0.3, -0.25) is 25.8 Å². The summed E-state index contributed by atoms with van der Waals surface area (Å²) in [6.45, 7) is 0.